The number of halogens is 1. The van der Waals surface area contributed by atoms with Gasteiger partial charge in [-0.3, -0.25) is 4.79 Å². The summed E-state index contributed by atoms with van der Waals surface area (Å²) in [5.41, 5.74) is 1.79. The molecule has 25 heavy (non-hydrogen) atoms. The number of methoxy groups -OCH3 is 1. The zero-order valence-electron chi connectivity index (χ0n) is 14.3. The topological polar surface area (TPSA) is 85.5 Å². The van der Waals surface area contributed by atoms with E-state index in [-0.39, 0.29) is 5.69 Å². The van der Waals surface area contributed by atoms with Crippen molar-refractivity contribution in [1.29, 1.82) is 0 Å². The number of nitrogens with one attached hydrogen (secondary N) is 1. The average molecular weight is 364 g/mol. The lowest BCUT2D eigenvalue weighted by atomic mass is 10.1. The van der Waals surface area contributed by atoms with Gasteiger partial charge >= 0.3 is 11.9 Å². The van der Waals surface area contributed by atoms with Crippen LogP contribution in [0.2, 0.25) is 5.02 Å². The normalized spacial score (nSPS) is 11.7. The van der Waals surface area contributed by atoms with Gasteiger partial charge in [0.25, 0.3) is 0 Å². The second-order valence-electron chi connectivity index (χ2n) is 5.54. The number of hydrogen-bond donors (Lipinski definition) is 1. The molecule has 2 rings (SSSR count). The molecule has 0 radical (unpaired) electrons. The van der Waals surface area contributed by atoms with Crippen LogP contribution in [0.4, 0.5) is 0 Å². The van der Waals surface area contributed by atoms with Gasteiger partial charge in [-0.25, -0.2) is 9.59 Å². The predicted octanol–water partition coefficient (Wildman–Crippen LogP) is 3.50. The number of esters is 2. The number of aromatic amines is 1. The molecule has 0 bridgehead atoms. The highest BCUT2D eigenvalue weighted by Gasteiger charge is 2.27. The van der Waals surface area contributed by atoms with Gasteiger partial charge in [-0.15, -0.1) is 0 Å². The third-order valence-corrected chi connectivity index (χ3v) is 4.06. The minimum Gasteiger partial charge on any atom is -0.465 e. The molecule has 1 aromatic heterocycles. The molecule has 1 heterocycles. The second kappa shape index (κ2) is 7.53. The van der Waals surface area contributed by atoms with Gasteiger partial charge in [0.2, 0.25) is 5.78 Å². The van der Waals surface area contributed by atoms with E-state index in [2.05, 4.69) is 4.98 Å². The number of H-pyrrole nitrogens is 1. The van der Waals surface area contributed by atoms with Crippen molar-refractivity contribution >= 4 is 29.3 Å². The quantitative estimate of drug-likeness (QED) is 0.649. The lowest BCUT2D eigenvalue weighted by molar-refractivity contribution is 0.0316. The first-order valence-corrected chi connectivity index (χ1v) is 7.92. The average Bonchev–Trinajstić information content (AvgIpc) is 2.88. The first-order chi connectivity index (χ1) is 11.8. The Balaban J connectivity index is 2.19. The van der Waals surface area contributed by atoms with Crippen molar-refractivity contribution in [3.63, 3.8) is 0 Å². The van der Waals surface area contributed by atoms with Crippen molar-refractivity contribution < 1.29 is 23.9 Å². The minimum atomic E-state index is -1.02. The van der Waals surface area contributed by atoms with Crippen LogP contribution in [0.3, 0.4) is 0 Å². The van der Waals surface area contributed by atoms with Crippen LogP contribution in [0, 0.1) is 13.8 Å². The number of carbonyl (C=O) groups is 3. The van der Waals surface area contributed by atoms with E-state index in [1.54, 1.807) is 26.0 Å². The molecule has 2 aromatic rings. The molecule has 0 aliphatic rings. The largest absolute Gasteiger partial charge is 0.465 e. The molecule has 1 aromatic carbocycles. The summed E-state index contributed by atoms with van der Waals surface area (Å²) >= 11 is 5.78. The molecule has 1 N–H and O–H groups in total. The smallest absolute Gasteiger partial charge is 0.339 e. The maximum Gasteiger partial charge on any atom is 0.339 e. The zero-order valence-corrected chi connectivity index (χ0v) is 15.1. The Morgan fingerprint density at radius 3 is 2.24 bits per heavy atom. The van der Waals surface area contributed by atoms with E-state index in [0.717, 1.165) is 0 Å². The summed E-state index contributed by atoms with van der Waals surface area (Å²) in [7, 11) is 1.27. The SMILES string of the molecule is COC(=O)c1c(C)[nH]c(C(=O)[C@H](C)OC(=O)c2ccc(Cl)cc2)c1C. The first kappa shape index (κ1) is 18.7. The van der Waals surface area contributed by atoms with Crippen molar-refractivity contribution in [2.24, 2.45) is 0 Å². The van der Waals surface area contributed by atoms with Gasteiger partial charge in [0.1, 0.15) is 0 Å². The van der Waals surface area contributed by atoms with E-state index in [4.69, 9.17) is 21.1 Å². The van der Waals surface area contributed by atoms with E-state index in [1.807, 2.05) is 0 Å². The number of ether oxygens (including phenoxy) is 2. The summed E-state index contributed by atoms with van der Waals surface area (Å²) in [5, 5.41) is 0.494. The van der Waals surface area contributed by atoms with Crippen LogP contribution < -0.4 is 0 Å². The maximum atomic E-state index is 12.6. The Labute approximate surface area is 150 Å². The predicted molar refractivity (Wildman–Crippen MR) is 92.3 cm³/mol. The van der Waals surface area contributed by atoms with Gasteiger partial charge in [0, 0.05) is 10.7 Å². The number of benzene rings is 1. The third kappa shape index (κ3) is 3.91. The van der Waals surface area contributed by atoms with Crippen LogP contribution in [0.25, 0.3) is 0 Å². The van der Waals surface area contributed by atoms with Gasteiger partial charge in [0.15, 0.2) is 6.10 Å². The molecule has 7 heteroatoms. The molecule has 0 aliphatic heterocycles. The fourth-order valence-corrected chi connectivity index (χ4v) is 2.60. The van der Waals surface area contributed by atoms with Crippen LogP contribution >= 0.6 is 11.6 Å². The molecule has 0 saturated carbocycles. The highest BCUT2D eigenvalue weighted by atomic mass is 35.5. The van der Waals surface area contributed by atoms with Crippen LogP contribution in [-0.2, 0) is 9.47 Å². The van der Waals surface area contributed by atoms with Crippen molar-refractivity contribution in [1.82, 2.24) is 4.98 Å². The summed E-state index contributed by atoms with van der Waals surface area (Å²) in [6, 6.07) is 6.15. The van der Waals surface area contributed by atoms with E-state index in [0.29, 0.717) is 27.4 Å². The lowest BCUT2D eigenvalue weighted by Crippen LogP contribution is -2.25. The molecule has 0 unspecified atom stereocenters. The van der Waals surface area contributed by atoms with Crippen molar-refractivity contribution in [2.75, 3.05) is 7.11 Å². The zero-order chi connectivity index (χ0) is 18.7. The molecule has 0 aliphatic carbocycles. The number of ketones is 1. The summed E-state index contributed by atoms with van der Waals surface area (Å²) in [6.45, 7) is 4.78. The van der Waals surface area contributed by atoms with E-state index >= 15 is 0 Å². The van der Waals surface area contributed by atoms with Gasteiger partial charge in [0.05, 0.1) is 23.9 Å². The molecule has 6 nitrogen and oxygen atoms in total. The summed E-state index contributed by atoms with van der Waals surface area (Å²) in [4.78, 5) is 39.4. The Bertz CT molecular complexity index is 823. The number of rotatable bonds is 5. The van der Waals surface area contributed by atoms with Crippen LogP contribution in [0.15, 0.2) is 24.3 Å². The molecule has 0 spiro atoms. The van der Waals surface area contributed by atoms with E-state index < -0.39 is 23.8 Å². The number of hydrogen-bond acceptors (Lipinski definition) is 5. The van der Waals surface area contributed by atoms with Gasteiger partial charge < -0.3 is 14.5 Å². The number of aromatic nitrogens is 1. The Kier molecular flexibility index (Phi) is 5.64. The fraction of sp³-hybridized carbons (Fsp3) is 0.278. The highest BCUT2D eigenvalue weighted by molar-refractivity contribution is 6.30. The van der Waals surface area contributed by atoms with E-state index in [9.17, 15) is 14.4 Å². The van der Waals surface area contributed by atoms with Gasteiger partial charge in [-0.2, -0.15) is 0 Å². The second-order valence-corrected chi connectivity index (χ2v) is 5.97. The molecular formula is C18H18ClNO5. The number of carbonyl (C=O) groups excluding carboxylic acids is 3. The van der Waals surface area contributed by atoms with Crippen LogP contribution in [-0.4, -0.2) is 35.9 Å². The van der Waals surface area contributed by atoms with Crippen LogP contribution in [0.5, 0.6) is 0 Å². The highest BCUT2D eigenvalue weighted by Crippen LogP contribution is 2.21. The summed E-state index contributed by atoms with van der Waals surface area (Å²) in [5.74, 6) is -1.60. The number of Topliss-reactive ketones (excluding diaryl/α,β-unsaturated/α-hetero) is 1. The Morgan fingerprint density at radius 1 is 1.08 bits per heavy atom. The molecule has 0 saturated heterocycles. The molecule has 0 amide bonds. The van der Waals surface area contributed by atoms with Gasteiger partial charge in [-0.1, -0.05) is 11.6 Å². The molecule has 1 atom stereocenters. The van der Waals surface area contributed by atoms with Crippen LogP contribution in [0.1, 0.15) is 49.4 Å². The van der Waals surface area contributed by atoms with Crippen molar-refractivity contribution in [3.8, 4) is 0 Å². The standard InChI is InChI=1S/C18H18ClNO5/c1-9-14(18(23)24-4)10(2)20-15(9)16(21)11(3)25-17(22)12-5-7-13(19)8-6-12/h5-8,11,20H,1-4H3/t11-/m0/s1. The summed E-state index contributed by atoms with van der Waals surface area (Å²) in [6.07, 6.45) is -1.02. The molecule has 132 valence electrons. The fourth-order valence-electron chi connectivity index (χ4n) is 2.48. The van der Waals surface area contributed by atoms with Gasteiger partial charge in [-0.05, 0) is 50.6 Å². The minimum absolute atomic E-state index is 0.217. The van der Waals surface area contributed by atoms with Crippen molar-refractivity contribution in [2.45, 2.75) is 26.9 Å². The summed E-state index contributed by atoms with van der Waals surface area (Å²) < 4.78 is 9.93. The van der Waals surface area contributed by atoms with E-state index in [1.165, 1.54) is 26.2 Å². The first-order valence-electron chi connectivity index (χ1n) is 7.54. The lowest BCUT2D eigenvalue weighted by Gasteiger charge is -2.12. The molecular weight excluding hydrogens is 346 g/mol. The molecule has 0 fully saturated rings. The van der Waals surface area contributed by atoms with Crippen molar-refractivity contribution in [3.05, 3.63) is 57.4 Å². The number of aryl methyl sites for hydroxylation is 1. The Morgan fingerprint density at radius 2 is 1.68 bits per heavy atom. The monoisotopic (exact) mass is 363 g/mol. The third-order valence-electron chi connectivity index (χ3n) is 3.81. The maximum absolute atomic E-state index is 12.6. The Hall–Kier alpha value is -2.60.